The van der Waals surface area contributed by atoms with Crippen molar-refractivity contribution in [1.29, 1.82) is 5.41 Å². The molecule has 1 aromatic heterocycles. The van der Waals surface area contributed by atoms with Crippen molar-refractivity contribution >= 4 is 44.7 Å². The number of nitrogen functional groups attached to an aromatic ring is 1. The van der Waals surface area contributed by atoms with Crippen LogP contribution in [0.5, 0.6) is 5.75 Å². The van der Waals surface area contributed by atoms with Crippen LogP contribution in [-0.2, 0) is 14.6 Å². The number of thiophene rings is 1. The maximum Gasteiger partial charge on any atom is 0.490 e. The van der Waals surface area contributed by atoms with E-state index in [4.69, 9.17) is 25.8 Å². The molecule has 0 aliphatic heterocycles. The van der Waals surface area contributed by atoms with Crippen LogP contribution in [-0.4, -0.2) is 44.9 Å². The molecule has 13 heteroatoms. The van der Waals surface area contributed by atoms with E-state index in [1.54, 1.807) is 31.6 Å². The molecule has 7 nitrogen and oxygen atoms in total. The molecule has 182 valence electrons. The topological polar surface area (TPSA) is 131 Å². The number of nitrogens with two attached hydrogens (primary N) is 1. The maximum atomic E-state index is 13.2. The Morgan fingerprint density at radius 2 is 1.68 bits per heavy atom. The zero-order chi connectivity index (χ0) is 25.7. The van der Waals surface area contributed by atoms with Crippen molar-refractivity contribution in [2.24, 2.45) is 5.73 Å². The number of hydrogen-bond acceptors (Lipinski definition) is 7. The molecule has 2 aromatic carbocycles. The lowest BCUT2D eigenvalue weighted by atomic mass is 10.1. The number of carboxylic acid groups (broad SMARTS) is 1. The van der Waals surface area contributed by atoms with Crippen molar-refractivity contribution < 1.29 is 36.2 Å². The zero-order valence-corrected chi connectivity index (χ0v) is 20.2. The van der Waals surface area contributed by atoms with Crippen LogP contribution in [0.2, 0.25) is 0 Å². The number of ether oxygens (including phenoxy) is 1. The summed E-state index contributed by atoms with van der Waals surface area (Å²) in [6.45, 7) is 0. The summed E-state index contributed by atoms with van der Waals surface area (Å²) in [5, 5.41) is 14.7. The van der Waals surface area contributed by atoms with Crippen LogP contribution < -0.4 is 10.5 Å². The predicted octanol–water partition coefficient (Wildman–Crippen LogP) is 4.90. The van der Waals surface area contributed by atoms with Gasteiger partial charge in [-0.25, -0.2) is 13.2 Å². The fraction of sp³-hybridized carbons (Fsp3) is 0.143. The van der Waals surface area contributed by atoms with E-state index >= 15 is 0 Å². The third-order valence-electron chi connectivity index (χ3n) is 4.20. The molecule has 0 atom stereocenters. The van der Waals surface area contributed by atoms with Crippen molar-refractivity contribution in [1.82, 2.24) is 0 Å². The Labute approximate surface area is 201 Å². The zero-order valence-electron chi connectivity index (χ0n) is 17.7. The number of methoxy groups -OCH3 is 1. The molecule has 3 rings (SSSR count). The summed E-state index contributed by atoms with van der Waals surface area (Å²) in [5.74, 6) is -2.19. The summed E-state index contributed by atoms with van der Waals surface area (Å²) < 4.78 is 64.0. The number of nitrogens with one attached hydrogen (secondary N) is 1. The van der Waals surface area contributed by atoms with Crippen LogP contribution in [0.15, 0.2) is 68.6 Å². The second kappa shape index (κ2) is 10.9. The molecule has 0 aliphatic carbocycles. The number of alkyl halides is 3. The van der Waals surface area contributed by atoms with Crippen LogP contribution in [0.1, 0.15) is 4.88 Å². The van der Waals surface area contributed by atoms with Crippen molar-refractivity contribution in [2.75, 3.05) is 13.4 Å². The summed E-state index contributed by atoms with van der Waals surface area (Å²) in [6, 6.07) is 15.7. The van der Waals surface area contributed by atoms with E-state index < -0.39 is 22.0 Å². The first-order valence-corrected chi connectivity index (χ1v) is 12.7. The van der Waals surface area contributed by atoms with E-state index in [1.165, 1.54) is 29.2 Å². The normalized spacial score (nSPS) is 11.3. The highest BCUT2D eigenvalue weighted by atomic mass is 32.2. The molecule has 0 spiro atoms. The van der Waals surface area contributed by atoms with Crippen LogP contribution >= 0.6 is 23.1 Å². The molecule has 3 aromatic rings. The Kier molecular flexibility index (Phi) is 8.75. The van der Waals surface area contributed by atoms with Gasteiger partial charge in [-0.2, -0.15) is 13.2 Å². The molecule has 0 unspecified atom stereocenters. The number of sulfone groups is 1. The Balaban J connectivity index is 0.000000509. The first-order chi connectivity index (χ1) is 15.8. The van der Waals surface area contributed by atoms with Gasteiger partial charge >= 0.3 is 12.1 Å². The summed E-state index contributed by atoms with van der Waals surface area (Å²) >= 11 is 2.54. The molecule has 1 heterocycles. The third kappa shape index (κ3) is 6.52. The molecule has 34 heavy (non-hydrogen) atoms. The van der Waals surface area contributed by atoms with E-state index in [-0.39, 0.29) is 15.6 Å². The van der Waals surface area contributed by atoms with Crippen LogP contribution in [0.4, 0.5) is 13.2 Å². The van der Waals surface area contributed by atoms with Gasteiger partial charge in [0.2, 0.25) is 9.84 Å². The third-order valence-corrected chi connectivity index (χ3v) is 8.53. The summed E-state index contributed by atoms with van der Waals surface area (Å²) in [7, 11) is -2.14. The first kappa shape index (κ1) is 27.2. The summed E-state index contributed by atoms with van der Waals surface area (Å²) in [6.07, 6.45) is -3.28. The van der Waals surface area contributed by atoms with Gasteiger partial charge in [0, 0.05) is 0 Å². The predicted molar refractivity (Wildman–Crippen MR) is 125 cm³/mol. The molecular weight excluding hydrogens is 513 g/mol. The minimum Gasteiger partial charge on any atom is -0.497 e. The molecule has 0 aliphatic rings. The van der Waals surface area contributed by atoms with Gasteiger partial charge in [0.05, 0.1) is 26.0 Å². The van der Waals surface area contributed by atoms with Gasteiger partial charge in [-0.15, -0.1) is 23.1 Å². The van der Waals surface area contributed by atoms with E-state index in [9.17, 15) is 21.6 Å². The molecule has 0 fully saturated rings. The fourth-order valence-electron chi connectivity index (χ4n) is 2.59. The average Bonchev–Trinajstić information content (AvgIpc) is 3.25. The van der Waals surface area contributed by atoms with Crippen molar-refractivity contribution in [3.8, 4) is 16.9 Å². The van der Waals surface area contributed by atoms with Gasteiger partial charge in [0.25, 0.3) is 0 Å². The second-order valence-corrected chi connectivity index (χ2v) is 10.5. The van der Waals surface area contributed by atoms with Crippen molar-refractivity contribution in [2.45, 2.75) is 20.2 Å². The first-order valence-electron chi connectivity index (χ1n) is 9.13. The monoisotopic (exact) mass is 532 g/mol. The van der Waals surface area contributed by atoms with E-state index in [1.807, 2.05) is 30.3 Å². The van der Waals surface area contributed by atoms with Gasteiger partial charge in [-0.05, 0) is 47.7 Å². The van der Waals surface area contributed by atoms with Crippen LogP contribution in [0.25, 0.3) is 11.1 Å². The number of benzene rings is 2. The molecule has 4 N–H and O–H groups in total. The lowest BCUT2D eigenvalue weighted by molar-refractivity contribution is -0.192. The van der Waals surface area contributed by atoms with E-state index in [0.29, 0.717) is 14.8 Å². The van der Waals surface area contributed by atoms with Gasteiger partial charge in [-0.1, -0.05) is 24.3 Å². The Morgan fingerprint density at radius 1 is 1.12 bits per heavy atom. The highest BCUT2D eigenvalue weighted by Crippen LogP contribution is 2.37. The standard InChI is InChI=1S/C19H18N2O3S3.C2HF3O2/c1-24-14-7-3-5-12(9-14)13-6-4-8-15(10-13)27(22,23)17-11-16(18(20)21)26-19(17)25-2;3-2(4,5)1(6)7/h3-11H,1-2H3,(H3,20,21);(H,6,7). The molecule has 0 saturated heterocycles. The largest absolute Gasteiger partial charge is 0.497 e. The lowest BCUT2D eigenvalue weighted by Gasteiger charge is -2.08. The Bertz CT molecular complexity index is 1300. The van der Waals surface area contributed by atoms with Crippen molar-refractivity contribution in [3.05, 3.63) is 59.5 Å². The summed E-state index contributed by atoms with van der Waals surface area (Å²) in [4.78, 5) is 9.73. The Morgan fingerprint density at radius 3 is 2.18 bits per heavy atom. The minimum absolute atomic E-state index is 0.137. The SMILES string of the molecule is COc1cccc(-c2cccc(S(=O)(=O)c3cc(C(=N)N)sc3SC)c2)c1.O=C(O)C(F)(F)F. The molecule has 0 bridgehead atoms. The number of halogens is 3. The van der Waals surface area contributed by atoms with E-state index in [2.05, 4.69) is 0 Å². The van der Waals surface area contributed by atoms with Crippen LogP contribution in [0, 0.1) is 5.41 Å². The highest BCUT2D eigenvalue weighted by Gasteiger charge is 2.38. The van der Waals surface area contributed by atoms with Gasteiger partial charge in [0.1, 0.15) is 11.6 Å². The highest BCUT2D eigenvalue weighted by molar-refractivity contribution is 8.01. The number of hydrogen-bond donors (Lipinski definition) is 3. The number of aliphatic carboxylic acids is 1. The Hall–Kier alpha value is -3.03. The number of amidine groups is 1. The molecule has 0 saturated carbocycles. The number of thioether (sulfide) groups is 1. The van der Waals surface area contributed by atoms with Gasteiger partial charge in [-0.3, -0.25) is 5.41 Å². The minimum atomic E-state index is -5.08. The van der Waals surface area contributed by atoms with Gasteiger partial charge < -0.3 is 15.6 Å². The maximum absolute atomic E-state index is 13.2. The smallest absolute Gasteiger partial charge is 0.490 e. The van der Waals surface area contributed by atoms with E-state index in [0.717, 1.165) is 11.1 Å². The molecule has 0 radical (unpaired) electrons. The molecular formula is C21H19F3N2O5S3. The average molecular weight is 533 g/mol. The number of carbonyl (C=O) groups is 1. The molecule has 0 amide bonds. The van der Waals surface area contributed by atoms with Crippen LogP contribution in [0.3, 0.4) is 0 Å². The number of rotatable bonds is 6. The van der Waals surface area contributed by atoms with Crippen molar-refractivity contribution in [3.63, 3.8) is 0 Å². The second-order valence-electron chi connectivity index (χ2n) is 6.45. The fourth-order valence-corrected chi connectivity index (χ4v) is 6.50. The summed E-state index contributed by atoms with van der Waals surface area (Å²) in [5.41, 5.74) is 7.19. The van der Waals surface area contributed by atoms with Gasteiger partial charge in [0.15, 0.2) is 0 Å². The number of carboxylic acids is 1. The quantitative estimate of drug-likeness (QED) is 0.234. The lowest BCUT2D eigenvalue weighted by Crippen LogP contribution is -2.21.